The van der Waals surface area contributed by atoms with E-state index in [1.165, 1.54) is 0 Å². The van der Waals surface area contributed by atoms with Crippen LogP contribution in [0.1, 0.15) is 21.5 Å². The first kappa shape index (κ1) is 15.3. The molecule has 5 heteroatoms. The zero-order valence-electron chi connectivity index (χ0n) is 11.2. The minimum Gasteiger partial charge on any atom is -0.315 e. The Hall–Kier alpha value is -0.590. The SMILES string of the molecule is CN1C(=O)Cc2cc(C(Br)c3ccc(I)c(Cl)c3)ccc21. The highest BCUT2D eigenvalue weighted by Crippen LogP contribution is 2.37. The van der Waals surface area contributed by atoms with Gasteiger partial charge in [0.25, 0.3) is 0 Å². The number of fused-ring (bicyclic) bond motifs is 1. The monoisotopic (exact) mass is 475 g/mol. The summed E-state index contributed by atoms with van der Waals surface area (Å²) in [7, 11) is 1.82. The highest BCUT2D eigenvalue weighted by Gasteiger charge is 2.25. The van der Waals surface area contributed by atoms with Crippen molar-refractivity contribution in [3.63, 3.8) is 0 Å². The van der Waals surface area contributed by atoms with Crippen LogP contribution in [0.4, 0.5) is 5.69 Å². The van der Waals surface area contributed by atoms with Crippen LogP contribution in [0.15, 0.2) is 36.4 Å². The number of carbonyl (C=O) groups is 1. The lowest BCUT2D eigenvalue weighted by molar-refractivity contribution is -0.117. The Balaban J connectivity index is 1.96. The van der Waals surface area contributed by atoms with Gasteiger partial charge in [-0.3, -0.25) is 4.79 Å². The molecule has 0 bridgehead atoms. The van der Waals surface area contributed by atoms with E-state index >= 15 is 0 Å². The van der Waals surface area contributed by atoms with Gasteiger partial charge in [0.1, 0.15) is 0 Å². The molecule has 1 amide bonds. The third-order valence-electron chi connectivity index (χ3n) is 3.71. The van der Waals surface area contributed by atoms with Crippen LogP contribution in [-0.4, -0.2) is 13.0 Å². The lowest BCUT2D eigenvalue weighted by Gasteiger charge is -2.14. The van der Waals surface area contributed by atoms with Gasteiger partial charge in [0, 0.05) is 16.3 Å². The average Bonchev–Trinajstić information content (AvgIpc) is 2.76. The smallest absolute Gasteiger partial charge is 0.231 e. The second-order valence-corrected chi connectivity index (χ2v) is 7.54. The molecule has 0 aromatic heterocycles. The Morgan fingerprint density at radius 1 is 1.24 bits per heavy atom. The van der Waals surface area contributed by atoms with Gasteiger partial charge < -0.3 is 4.90 Å². The highest BCUT2D eigenvalue weighted by molar-refractivity contribution is 14.1. The maximum absolute atomic E-state index is 11.8. The first-order chi connectivity index (χ1) is 9.97. The molecule has 1 aliphatic heterocycles. The molecule has 0 radical (unpaired) electrons. The fraction of sp³-hybridized carbons (Fsp3) is 0.188. The molecule has 1 atom stereocenters. The number of anilines is 1. The highest BCUT2D eigenvalue weighted by atomic mass is 127. The van der Waals surface area contributed by atoms with Crippen molar-refractivity contribution < 1.29 is 4.79 Å². The average molecular weight is 477 g/mol. The summed E-state index contributed by atoms with van der Waals surface area (Å²) in [4.78, 5) is 13.5. The van der Waals surface area contributed by atoms with E-state index in [1.54, 1.807) is 4.90 Å². The van der Waals surface area contributed by atoms with Gasteiger partial charge in [0.15, 0.2) is 0 Å². The number of rotatable bonds is 2. The molecule has 0 fully saturated rings. The predicted molar refractivity (Wildman–Crippen MR) is 98.5 cm³/mol. The molecule has 2 aromatic carbocycles. The van der Waals surface area contributed by atoms with E-state index in [-0.39, 0.29) is 10.7 Å². The van der Waals surface area contributed by atoms with Gasteiger partial charge in [0.05, 0.1) is 16.3 Å². The molecule has 0 N–H and O–H groups in total. The third-order valence-corrected chi connectivity index (χ3v) is 6.34. The van der Waals surface area contributed by atoms with E-state index in [4.69, 9.17) is 11.6 Å². The van der Waals surface area contributed by atoms with Crippen molar-refractivity contribution in [2.45, 2.75) is 11.2 Å². The lowest BCUT2D eigenvalue weighted by atomic mass is 10.0. The van der Waals surface area contributed by atoms with Gasteiger partial charge in [-0.2, -0.15) is 0 Å². The van der Waals surface area contributed by atoms with Crippen molar-refractivity contribution in [1.29, 1.82) is 0 Å². The zero-order valence-corrected chi connectivity index (χ0v) is 15.7. The van der Waals surface area contributed by atoms with Crippen LogP contribution in [0.3, 0.4) is 0 Å². The molecule has 0 saturated carbocycles. The van der Waals surface area contributed by atoms with Crippen LogP contribution in [0.25, 0.3) is 0 Å². The molecule has 21 heavy (non-hydrogen) atoms. The molecule has 2 aromatic rings. The van der Waals surface area contributed by atoms with Crippen molar-refractivity contribution >= 4 is 61.7 Å². The first-order valence-electron chi connectivity index (χ1n) is 6.46. The molecule has 1 unspecified atom stereocenters. The summed E-state index contributed by atoms with van der Waals surface area (Å²) in [6, 6.07) is 12.2. The molecule has 0 saturated heterocycles. The van der Waals surface area contributed by atoms with Crippen molar-refractivity contribution in [1.82, 2.24) is 0 Å². The molecule has 1 aliphatic rings. The molecule has 0 spiro atoms. The van der Waals surface area contributed by atoms with Gasteiger partial charge in [-0.05, 0) is 57.5 Å². The number of hydrogen-bond acceptors (Lipinski definition) is 1. The lowest BCUT2D eigenvalue weighted by Crippen LogP contribution is -2.20. The minimum absolute atomic E-state index is 0.0679. The molecule has 0 aliphatic carbocycles. The van der Waals surface area contributed by atoms with Crippen molar-refractivity contribution in [3.05, 3.63) is 61.7 Å². The van der Waals surface area contributed by atoms with Crippen molar-refractivity contribution in [2.24, 2.45) is 0 Å². The number of likely N-dealkylation sites (N-methyl/N-ethyl adjacent to an activating group) is 1. The zero-order chi connectivity index (χ0) is 15.1. The maximum Gasteiger partial charge on any atom is 0.231 e. The number of carbonyl (C=O) groups excluding carboxylic acids is 1. The number of hydrogen-bond donors (Lipinski definition) is 0. The van der Waals surface area contributed by atoms with Crippen LogP contribution >= 0.6 is 50.1 Å². The Morgan fingerprint density at radius 3 is 2.62 bits per heavy atom. The van der Waals surface area contributed by atoms with Crippen LogP contribution in [-0.2, 0) is 11.2 Å². The van der Waals surface area contributed by atoms with E-state index in [2.05, 4.69) is 56.7 Å². The fourth-order valence-corrected chi connectivity index (χ4v) is 3.60. The van der Waals surface area contributed by atoms with Gasteiger partial charge in [0.2, 0.25) is 5.91 Å². The predicted octanol–water partition coefficient (Wildman–Crippen LogP) is 4.95. The maximum atomic E-state index is 11.8. The Morgan fingerprint density at radius 2 is 1.90 bits per heavy atom. The van der Waals surface area contributed by atoms with Gasteiger partial charge in [-0.15, -0.1) is 0 Å². The largest absolute Gasteiger partial charge is 0.315 e. The second-order valence-electron chi connectivity index (χ2n) is 5.05. The summed E-state index contributed by atoms with van der Waals surface area (Å²) < 4.78 is 1.04. The van der Waals surface area contributed by atoms with Crippen molar-refractivity contribution in [2.75, 3.05) is 11.9 Å². The molecule has 3 rings (SSSR count). The summed E-state index contributed by atoms with van der Waals surface area (Å²) >= 11 is 12.1. The number of halogens is 3. The summed E-state index contributed by atoms with van der Waals surface area (Å²) in [5.74, 6) is 0.144. The van der Waals surface area contributed by atoms with E-state index < -0.39 is 0 Å². The molecule has 1 heterocycles. The Kier molecular flexibility index (Phi) is 4.30. The van der Waals surface area contributed by atoms with E-state index in [0.717, 1.165) is 31.0 Å². The van der Waals surface area contributed by atoms with Gasteiger partial charge in [-0.25, -0.2) is 0 Å². The summed E-state index contributed by atoms with van der Waals surface area (Å²) in [6.07, 6.45) is 0.479. The second kappa shape index (κ2) is 5.89. The summed E-state index contributed by atoms with van der Waals surface area (Å²) in [5.41, 5.74) is 4.33. The molecular formula is C16H12BrClINO. The Labute approximate surface area is 150 Å². The first-order valence-corrected chi connectivity index (χ1v) is 8.83. The van der Waals surface area contributed by atoms with E-state index in [1.807, 2.05) is 25.2 Å². The van der Waals surface area contributed by atoms with Crippen LogP contribution in [0.5, 0.6) is 0 Å². The number of nitrogens with zero attached hydrogens (tertiary/aromatic N) is 1. The van der Waals surface area contributed by atoms with Gasteiger partial charge >= 0.3 is 0 Å². The van der Waals surface area contributed by atoms with E-state index in [0.29, 0.717) is 6.42 Å². The van der Waals surface area contributed by atoms with E-state index in [9.17, 15) is 4.79 Å². The van der Waals surface area contributed by atoms with Gasteiger partial charge in [-0.1, -0.05) is 45.7 Å². The standard InChI is InChI=1S/C16H12BrClINO/c1-20-14-5-3-9(6-11(14)8-15(20)21)16(17)10-2-4-13(19)12(18)7-10/h2-7,16H,8H2,1H3. The number of alkyl halides is 1. The molecule has 108 valence electrons. The fourth-order valence-electron chi connectivity index (χ4n) is 2.51. The van der Waals surface area contributed by atoms with Crippen LogP contribution in [0, 0.1) is 3.57 Å². The third kappa shape index (κ3) is 2.85. The molecule has 2 nitrogen and oxygen atoms in total. The normalized spacial score (nSPS) is 15.2. The number of benzene rings is 2. The quantitative estimate of drug-likeness (QED) is 0.444. The summed E-state index contributed by atoms with van der Waals surface area (Å²) in [6.45, 7) is 0. The molecular weight excluding hydrogens is 464 g/mol. The minimum atomic E-state index is 0.0679. The Bertz CT molecular complexity index is 734. The summed E-state index contributed by atoms with van der Waals surface area (Å²) in [5, 5.41) is 0.758. The van der Waals surface area contributed by atoms with Crippen LogP contribution < -0.4 is 4.90 Å². The topological polar surface area (TPSA) is 20.3 Å². The van der Waals surface area contributed by atoms with Crippen molar-refractivity contribution in [3.8, 4) is 0 Å². The number of amides is 1. The van der Waals surface area contributed by atoms with Crippen LogP contribution in [0.2, 0.25) is 5.02 Å².